The Morgan fingerprint density at radius 1 is 1.24 bits per heavy atom. The van der Waals surface area contributed by atoms with Crippen LogP contribution in [-0.2, 0) is 14.2 Å². The number of carbonyl (C=O) groups excluding carboxylic acids is 2. The lowest BCUT2D eigenvalue weighted by atomic mass is 9.86. The van der Waals surface area contributed by atoms with Gasteiger partial charge in [-0.3, -0.25) is 4.90 Å². The minimum Gasteiger partial charge on any atom is -0.446 e. The van der Waals surface area contributed by atoms with Crippen molar-refractivity contribution in [3.8, 4) is 10.4 Å². The van der Waals surface area contributed by atoms with E-state index in [-0.39, 0.29) is 30.3 Å². The highest BCUT2D eigenvalue weighted by Crippen LogP contribution is 2.38. The SMILES string of the molecule is CC(C)OC(=O)N(C)c1ccc(-c2cnc([C@H]3CC[C@H](NC(=O)OC4COC4)CC3)s2)c(F)c1. The molecule has 1 aliphatic heterocycles. The lowest BCUT2D eigenvalue weighted by Gasteiger charge is -2.30. The topological polar surface area (TPSA) is 90.0 Å². The third-order valence-electron chi connectivity index (χ3n) is 6.02. The number of carbonyl (C=O) groups is 2. The molecule has 1 saturated carbocycles. The zero-order valence-electron chi connectivity index (χ0n) is 19.6. The van der Waals surface area contributed by atoms with E-state index in [0.717, 1.165) is 35.6 Å². The first-order valence-electron chi connectivity index (χ1n) is 11.5. The second-order valence-electron chi connectivity index (χ2n) is 8.98. The van der Waals surface area contributed by atoms with Crippen molar-refractivity contribution in [1.82, 2.24) is 10.3 Å². The number of hydrogen-bond donors (Lipinski definition) is 1. The van der Waals surface area contributed by atoms with Crippen molar-refractivity contribution in [1.29, 1.82) is 0 Å². The van der Waals surface area contributed by atoms with Crippen molar-refractivity contribution in [3.63, 3.8) is 0 Å². The molecular formula is C24H30FN3O5S. The van der Waals surface area contributed by atoms with E-state index in [4.69, 9.17) is 14.2 Å². The van der Waals surface area contributed by atoms with Gasteiger partial charge in [0.2, 0.25) is 0 Å². The van der Waals surface area contributed by atoms with Crippen LogP contribution in [0.1, 0.15) is 50.5 Å². The molecule has 8 nitrogen and oxygen atoms in total. The summed E-state index contributed by atoms with van der Waals surface area (Å²) in [7, 11) is 1.55. The molecule has 1 aromatic heterocycles. The number of alkyl carbamates (subject to hydrolysis) is 1. The highest BCUT2D eigenvalue weighted by Gasteiger charge is 2.28. The van der Waals surface area contributed by atoms with Crippen molar-refractivity contribution in [2.45, 2.75) is 63.7 Å². The van der Waals surface area contributed by atoms with E-state index in [0.29, 0.717) is 24.5 Å². The molecule has 10 heteroatoms. The van der Waals surface area contributed by atoms with Gasteiger partial charge < -0.3 is 19.5 Å². The highest BCUT2D eigenvalue weighted by atomic mass is 32.1. The van der Waals surface area contributed by atoms with Crippen LogP contribution in [0.4, 0.5) is 19.7 Å². The number of ether oxygens (including phenoxy) is 3. The maximum atomic E-state index is 14.9. The van der Waals surface area contributed by atoms with Gasteiger partial charge in [-0.05, 0) is 57.7 Å². The first kappa shape index (κ1) is 24.4. The van der Waals surface area contributed by atoms with Gasteiger partial charge in [-0.2, -0.15) is 0 Å². The fraction of sp³-hybridized carbons (Fsp3) is 0.542. The summed E-state index contributed by atoms with van der Waals surface area (Å²) in [6, 6.07) is 4.79. The molecule has 1 aliphatic carbocycles. The van der Waals surface area contributed by atoms with Gasteiger partial charge in [0.25, 0.3) is 0 Å². The van der Waals surface area contributed by atoms with Gasteiger partial charge in [-0.1, -0.05) is 0 Å². The number of hydrogen-bond acceptors (Lipinski definition) is 7. The lowest BCUT2D eigenvalue weighted by Crippen LogP contribution is -2.44. The summed E-state index contributed by atoms with van der Waals surface area (Å²) in [4.78, 5) is 30.6. The number of rotatable bonds is 6. The van der Waals surface area contributed by atoms with E-state index in [1.807, 2.05) is 0 Å². The van der Waals surface area contributed by atoms with Crippen LogP contribution < -0.4 is 10.2 Å². The quantitative estimate of drug-likeness (QED) is 0.606. The lowest BCUT2D eigenvalue weighted by molar-refractivity contribution is -0.0985. The maximum Gasteiger partial charge on any atom is 0.414 e. The molecule has 34 heavy (non-hydrogen) atoms. The molecule has 1 aromatic carbocycles. The molecular weight excluding hydrogens is 461 g/mol. The Balaban J connectivity index is 1.33. The fourth-order valence-corrected chi connectivity index (χ4v) is 5.13. The van der Waals surface area contributed by atoms with Gasteiger partial charge in [0.15, 0.2) is 6.10 Å². The first-order chi connectivity index (χ1) is 16.3. The molecule has 1 saturated heterocycles. The van der Waals surface area contributed by atoms with Crippen LogP contribution in [0.5, 0.6) is 0 Å². The summed E-state index contributed by atoms with van der Waals surface area (Å²) >= 11 is 1.49. The Labute approximate surface area is 202 Å². The van der Waals surface area contributed by atoms with Crippen molar-refractivity contribution in [2.24, 2.45) is 0 Å². The fourth-order valence-electron chi connectivity index (χ4n) is 4.02. The zero-order chi connectivity index (χ0) is 24.2. The summed E-state index contributed by atoms with van der Waals surface area (Å²) < 4.78 is 30.4. The second-order valence-corrected chi connectivity index (χ2v) is 10.0. The third-order valence-corrected chi connectivity index (χ3v) is 7.21. The predicted molar refractivity (Wildman–Crippen MR) is 127 cm³/mol. The normalized spacial score (nSPS) is 20.5. The zero-order valence-corrected chi connectivity index (χ0v) is 20.4. The first-order valence-corrected chi connectivity index (χ1v) is 12.4. The number of halogens is 1. The molecule has 0 spiro atoms. The van der Waals surface area contributed by atoms with E-state index >= 15 is 0 Å². The molecule has 0 unspecified atom stereocenters. The van der Waals surface area contributed by atoms with Gasteiger partial charge in [-0.15, -0.1) is 11.3 Å². The molecule has 0 bridgehead atoms. The summed E-state index contributed by atoms with van der Waals surface area (Å²) in [6.45, 7) is 4.47. The van der Waals surface area contributed by atoms with E-state index in [1.54, 1.807) is 39.2 Å². The van der Waals surface area contributed by atoms with Crippen molar-refractivity contribution < 1.29 is 28.2 Å². The minimum atomic E-state index is -0.530. The Hall–Kier alpha value is -2.72. The van der Waals surface area contributed by atoms with Crippen LogP contribution in [-0.4, -0.2) is 55.7 Å². The van der Waals surface area contributed by atoms with Gasteiger partial charge in [0.05, 0.1) is 29.2 Å². The van der Waals surface area contributed by atoms with E-state index in [9.17, 15) is 14.0 Å². The van der Waals surface area contributed by atoms with E-state index in [2.05, 4.69) is 10.3 Å². The Morgan fingerprint density at radius 2 is 1.97 bits per heavy atom. The molecule has 2 heterocycles. The van der Waals surface area contributed by atoms with E-state index in [1.165, 1.54) is 22.3 Å². The smallest absolute Gasteiger partial charge is 0.414 e. The van der Waals surface area contributed by atoms with E-state index < -0.39 is 11.9 Å². The summed E-state index contributed by atoms with van der Waals surface area (Å²) in [5, 5.41) is 3.92. The predicted octanol–water partition coefficient (Wildman–Crippen LogP) is 5.08. The number of nitrogens with zero attached hydrogens (tertiary/aromatic N) is 2. The third kappa shape index (κ3) is 5.85. The molecule has 4 rings (SSSR count). The monoisotopic (exact) mass is 491 g/mol. The molecule has 0 radical (unpaired) electrons. The molecule has 2 amide bonds. The summed E-state index contributed by atoms with van der Waals surface area (Å²) in [6.07, 6.45) is 3.90. The Bertz CT molecular complexity index is 1020. The largest absolute Gasteiger partial charge is 0.446 e. The van der Waals surface area contributed by atoms with Crippen LogP contribution in [0, 0.1) is 5.82 Å². The average molecular weight is 492 g/mol. The van der Waals surface area contributed by atoms with Crippen LogP contribution in [0.3, 0.4) is 0 Å². The van der Waals surface area contributed by atoms with Crippen LogP contribution in [0.2, 0.25) is 0 Å². The average Bonchev–Trinajstić information content (AvgIpc) is 3.25. The highest BCUT2D eigenvalue weighted by molar-refractivity contribution is 7.15. The van der Waals surface area contributed by atoms with Gasteiger partial charge in [0, 0.05) is 36.5 Å². The summed E-state index contributed by atoms with van der Waals surface area (Å²) in [5.41, 5.74) is 0.877. The second kappa shape index (κ2) is 10.7. The van der Waals surface area contributed by atoms with Crippen LogP contribution in [0.15, 0.2) is 24.4 Å². The molecule has 0 atom stereocenters. The number of aromatic nitrogens is 1. The molecule has 2 aliphatic rings. The summed E-state index contributed by atoms with van der Waals surface area (Å²) in [5.74, 6) is -0.132. The van der Waals surface area contributed by atoms with Crippen molar-refractivity contribution in [2.75, 3.05) is 25.2 Å². The number of anilines is 1. The molecule has 2 fully saturated rings. The van der Waals surface area contributed by atoms with Crippen LogP contribution in [0.25, 0.3) is 10.4 Å². The van der Waals surface area contributed by atoms with Gasteiger partial charge in [-0.25, -0.2) is 19.0 Å². The number of thiazole rings is 1. The maximum absolute atomic E-state index is 14.9. The number of benzene rings is 1. The van der Waals surface area contributed by atoms with Crippen molar-refractivity contribution >= 4 is 29.2 Å². The minimum absolute atomic E-state index is 0.0912. The molecule has 184 valence electrons. The Kier molecular flexibility index (Phi) is 7.67. The van der Waals surface area contributed by atoms with Gasteiger partial charge in [0.1, 0.15) is 5.82 Å². The number of nitrogens with one attached hydrogen (secondary N) is 1. The molecule has 1 N–H and O–H groups in total. The number of amides is 2. The van der Waals surface area contributed by atoms with Crippen molar-refractivity contribution in [3.05, 3.63) is 35.2 Å². The molecule has 2 aromatic rings. The van der Waals surface area contributed by atoms with Crippen LogP contribution >= 0.6 is 11.3 Å². The Morgan fingerprint density at radius 3 is 2.59 bits per heavy atom. The van der Waals surface area contributed by atoms with Gasteiger partial charge >= 0.3 is 12.2 Å². The standard InChI is InChI=1S/C24H30FN3O5S/c1-14(2)32-24(30)28(3)17-8-9-19(20(25)10-17)21-11-26-22(34-21)15-4-6-16(7-5-15)27-23(29)33-18-12-31-13-18/h8-11,14-16,18H,4-7,12-13H2,1-3H3,(H,27,29)/t15-,16-.